The number of ether oxygens (including phenoxy) is 2. The normalized spacial score (nSPS) is 13.4. The lowest BCUT2D eigenvalue weighted by molar-refractivity contribution is -0.121. The first-order valence-electron chi connectivity index (χ1n) is 9.06. The molecule has 2 aromatic rings. The summed E-state index contributed by atoms with van der Waals surface area (Å²) in [5.74, 6) is 0.192. The van der Waals surface area contributed by atoms with E-state index < -0.39 is 5.82 Å². The van der Waals surface area contributed by atoms with Crippen LogP contribution < -0.4 is 14.8 Å². The number of nitrogens with one attached hydrogen (secondary N) is 1. The SMILES string of the molecule is CN(C)C(CNC(=O)CCC(=O)c1ccccc1F)c1ccc2c(c1)OCO2. The van der Waals surface area contributed by atoms with Gasteiger partial charge in [-0.15, -0.1) is 0 Å². The minimum atomic E-state index is -0.566. The molecule has 148 valence electrons. The number of halogens is 1. The van der Waals surface area contributed by atoms with Gasteiger partial charge >= 0.3 is 0 Å². The van der Waals surface area contributed by atoms with Crippen LogP contribution in [0.25, 0.3) is 0 Å². The maximum Gasteiger partial charge on any atom is 0.231 e. The molecule has 1 aliphatic heterocycles. The van der Waals surface area contributed by atoms with Gasteiger partial charge in [0.2, 0.25) is 12.7 Å². The average molecular weight is 386 g/mol. The van der Waals surface area contributed by atoms with Gasteiger partial charge in [0.15, 0.2) is 17.3 Å². The maximum atomic E-state index is 13.6. The predicted octanol–water partition coefficient (Wildman–Crippen LogP) is 2.94. The molecule has 1 amide bonds. The Morgan fingerprint density at radius 2 is 1.86 bits per heavy atom. The highest BCUT2D eigenvalue weighted by atomic mass is 19.1. The van der Waals surface area contributed by atoms with Crippen molar-refractivity contribution in [3.8, 4) is 11.5 Å². The fourth-order valence-corrected chi connectivity index (χ4v) is 3.07. The fraction of sp³-hybridized carbons (Fsp3) is 0.333. The van der Waals surface area contributed by atoms with E-state index in [9.17, 15) is 14.0 Å². The molecule has 0 bridgehead atoms. The number of Topliss-reactive ketones (excluding diaryl/α,β-unsaturated/α-hetero) is 1. The molecule has 1 unspecified atom stereocenters. The molecule has 1 N–H and O–H groups in total. The number of fused-ring (bicyclic) bond motifs is 1. The summed E-state index contributed by atoms with van der Waals surface area (Å²) in [4.78, 5) is 26.3. The Bertz CT molecular complexity index is 869. The van der Waals surface area contributed by atoms with Crippen molar-refractivity contribution < 1.29 is 23.5 Å². The third-order valence-corrected chi connectivity index (χ3v) is 4.65. The summed E-state index contributed by atoms with van der Waals surface area (Å²) in [7, 11) is 3.84. The molecular formula is C21H23FN2O4. The van der Waals surface area contributed by atoms with Gasteiger partial charge < -0.3 is 19.7 Å². The highest BCUT2D eigenvalue weighted by Crippen LogP contribution is 2.34. The van der Waals surface area contributed by atoms with E-state index in [-0.39, 0.29) is 42.9 Å². The lowest BCUT2D eigenvalue weighted by Gasteiger charge is -2.25. The second kappa shape index (κ2) is 8.84. The molecular weight excluding hydrogens is 363 g/mol. The predicted molar refractivity (Wildman–Crippen MR) is 102 cm³/mol. The third-order valence-electron chi connectivity index (χ3n) is 4.65. The van der Waals surface area contributed by atoms with Gasteiger partial charge in [-0.25, -0.2) is 4.39 Å². The maximum absolute atomic E-state index is 13.6. The average Bonchev–Trinajstić information content (AvgIpc) is 3.14. The highest BCUT2D eigenvalue weighted by Gasteiger charge is 2.20. The molecule has 0 aromatic heterocycles. The van der Waals surface area contributed by atoms with Crippen LogP contribution in [0.15, 0.2) is 42.5 Å². The van der Waals surface area contributed by atoms with Crippen LogP contribution >= 0.6 is 0 Å². The summed E-state index contributed by atoms with van der Waals surface area (Å²) in [6.07, 6.45) is -0.0299. The molecule has 1 atom stereocenters. The standard InChI is InChI=1S/C21H23FN2O4/c1-24(2)17(14-7-9-19-20(11-14)28-13-27-19)12-23-21(26)10-8-18(25)15-5-3-4-6-16(15)22/h3-7,9,11,17H,8,10,12-13H2,1-2H3,(H,23,26). The number of benzene rings is 2. The van der Waals surface area contributed by atoms with Crippen LogP contribution in [0.3, 0.4) is 0 Å². The molecule has 6 nitrogen and oxygen atoms in total. The van der Waals surface area contributed by atoms with Crippen molar-refractivity contribution in [1.29, 1.82) is 0 Å². The van der Waals surface area contributed by atoms with Gasteiger partial charge in [-0.3, -0.25) is 9.59 Å². The van der Waals surface area contributed by atoms with Crippen molar-refractivity contribution in [2.24, 2.45) is 0 Å². The number of amides is 1. The summed E-state index contributed by atoms with van der Waals surface area (Å²) in [5.41, 5.74) is 0.999. The number of likely N-dealkylation sites (N-methyl/N-ethyl adjacent to an activating group) is 1. The topological polar surface area (TPSA) is 67.9 Å². The molecule has 7 heteroatoms. The smallest absolute Gasteiger partial charge is 0.231 e. The Hall–Kier alpha value is -2.93. The Balaban J connectivity index is 1.54. The number of carbonyl (C=O) groups is 2. The summed E-state index contributed by atoms with van der Waals surface area (Å²) in [6.45, 7) is 0.581. The number of nitrogens with zero attached hydrogens (tertiary/aromatic N) is 1. The monoisotopic (exact) mass is 386 g/mol. The number of hydrogen-bond donors (Lipinski definition) is 1. The van der Waals surface area contributed by atoms with E-state index in [0.29, 0.717) is 18.0 Å². The van der Waals surface area contributed by atoms with Crippen molar-refractivity contribution in [3.05, 3.63) is 59.4 Å². The first-order valence-corrected chi connectivity index (χ1v) is 9.06. The van der Waals surface area contributed by atoms with E-state index in [1.807, 2.05) is 37.2 Å². The molecule has 0 saturated heterocycles. The molecule has 0 radical (unpaired) electrons. The Kier molecular flexibility index (Phi) is 6.26. The minimum absolute atomic E-state index is 0.00839. The van der Waals surface area contributed by atoms with Gasteiger partial charge in [-0.2, -0.15) is 0 Å². The van der Waals surface area contributed by atoms with Crippen LogP contribution in [0.2, 0.25) is 0 Å². The second-order valence-electron chi connectivity index (χ2n) is 6.80. The Morgan fingerprint density at radius 1 is 1.11 bits per heavy atom. The zero-order valence-corrected chi connectivity index (χ0v) is 15.9. The van der Waals surface area contributed by atoms with Crippen LogP contribution in [0, 0.1) is 5.82 Å². The number of rotatable bonds is 8. The highest BCUT2D eigenvalue weighted by molar-refractivity contribution is 5.98. The third kappa shape index (κ3) is 4.67. The van der Waals surface area contributed by atoms with Crippen LogP contribution in [0.1, 0.15) is 34.8 Å². The molecule has 0 aliphatic carbocycles. The molecule has 1 aliphatic rings. The van der Waals surface area contributed by atoms with Crippen LogP contribution in [0.4, 0.5) is 4.39 Å². The van der Waals surface area contributed by atoms with Gasteiger partial charge in [0.1, 0.15) is 5.82 Å². The summed E-state index contributed by atoms with van der Waals surface area (Å²) in [5, 5.41) is 2.85. The van der Waals surface area contributed by atoms with Crippen LogP contribution in [-0.2, 0) is 4.79 Å². The largest absolute Gasteiger partial charge is 0.454 e. The number of hydrogen-bond acceptors (Lipinski definition) is 5. The Morgan fingerprint density at radius 3 is 2.61 bits per heavy atom. The Labute approximate surface area is 163 Å². The second-order valence-corrected chi connectivity index (χ2v) is 6.80. The van der Waals surface area contributed by atoms with Gasteiger partial charge in [0.05, 0.1) is 11.6 Å². The van der Waals surface area contributed by atoms with E-state index >= 15 is 0 Å². The van der Waals surface area contributed by atoms with E-state index in [2.05, 4.69) is 5.32 Å². The van der Waals surface area contributed by atoms with Crippen molar-refractivity contribution in [3.63, 3.8) is 0 Å². The van der Waals surface area contributed by atoms with E-state index in [0.717, 1.165) is 5.56 Å². The molecule has 3 rings (SSSR count). The van der Waals surface area contributed by atoms with E-state index in [4.69, 9.17) is 9.47 Å². The molecule has 2 aromatic carbocycles. The summed E-state index contributed by atoms with van der Waals surface area (Å²) in [6, 6.07) is 11.4. The van der Waals surface area contributed by atoms with Gasteiger partial charge in [-0.05, 0) is 43.9 Å². The van der Waals surface area contributed by atoms with Gasteiger partial charge in [0.25, 0.3) is 0 Å². The fourth-order valence-electron chi connectivity index (χ4n) is 3.07. The van der Waals surface area contributed by atoms with Gasteiger partial charge in [0, 0.05) is 19.4 Å². The van der Waals surface area contributed by atoms with Crippen LogP contribution in [-0.4, -0.2) is 44.0 Å². The van der Waals surface area contributed by atoms with Crippen molar-refractivity contribution in [2.45, 2.75) is 18.9 Å². The first kappa shape index (κ1) is 19.8. The van der Waals surface area contributed by atoms with Gasteiger partial charge in [-0.1, -0.05) is 18.2 Å². The quantitative estimate of drug-likeness (QED) is 0.707. The minimum Gasteiger partial charge on any atom is -0.454 e. The zero-order chi connectivity index (χ0) is 20.1. The van der Waals surface area contributed by atoms with E-state index in [1.54, 1.807) is 6.07 Å². The summed E-state index contributed by atoms with van der Waals surface area (Å²) < 4.78 is 24.4. The molecule has 28 heavy (non-hydrogen) atoms. The lowest BCUT2D eigenvalue weighted by atomic mass is 10.0. The van der Waals surface area contributed by atoms with Crippen LogP contribution in [0.5, 0.6) is 11.5 Å². The van der Waals surface area contributed by atoms with Crippen molar-refractivity contribution in [1.82, 2.24) is 10.2 Å². The van der Waals surface area contributed by atoms with E-state index in [1.165, 1.54) is 18.2 Å². The zero-order valence-electron chi connectivity index (χ0n) is 15.9. The molecule has 0 saturated carbocycles. The van der Waals surface area contributed by atoms with Crippen molar-refractivity contribution >= 4 is 11.7 Å². The van der Waals surface area contributed by atoms with Crippen molar-refractivity contribution in [2.75, 3.05) is 27.4 Å². The summed E-state index contributed by atoms with van der Waals surface area (Å²) >= 11 is 0. The number of carbonyl (C=O) groups excluding carboxylic acids is 2. The lowest BCUT2D eigenvalue weighted by Crippen LogP contribution is -2.34. The first-order chi connectivity index (χ1) is 13.5. The molecule has 1 heterocycles. The number of ketones is 1. The molecule has 0 fully saturated rings. The molecule has 0 spiro atoms.